The summed E-state index contributed by atoms with van der Waals surface area (Å²) in [5.41, 5.74) is 0. The second-order valence-corrected chi connectivity index (χ2v) is 6.78. The van der Waals surface area contributed by atoms with E-state index in [0.29, 0.717) is 11.8 Å². The maximum Gasteiger partial charge on any atom is 0.103 e. The van der Waals surface area contributed by atoms with Crippen molar-refractivity contribution < 1.29 is 4.39 Å². The molecular formula is C16H31F. The molecule has 2 fully saturated rings. The first kappa shape index (κ1) is 15.0. The molecule has 0 aliphatic heterocycles. The Morgan fingerprint density at radius 1 is 0.647 bits per heavy atom. The van der Waals surface area contributed by atoms with Gasteiger partial charge in [0.2, 0.25) is 0 Å². The zero-order chi connectivity index (χ0) is 12.8. The third-order valence-electron chi connectivity index (χ3n) is 4.66. The lowest BCUT2D eigenvalue weighted by molar-refractivity contribution is 0.145. The summed E-state index contributed by atoms with van der Waals surface area (Å²) in [7, 11) is 0. The first-order valence-electron chi connectivity index (χ1n) is 7.63. The van der Waals surface area contributed by atoms with Crippen LogP contribution in [0.2, 0.25) is 0 Å². The molecule has 0 saturated heterocycles. The fourth-order valence-electron chi connectivity index (χ4n) is 2.89. The fraction of sp³-hybridized carbons (Fsp3) is 1.00. The smallest absolute Gasteiger partial charge is 0.103 e. The molecule has 0 amide bonds. The third-order valence-corrected chi connectivity index (χ3v) is 4.66. The van der Waals surface area contributed by atoms with Crippen molar-refractivity contribution in [3.8, 4) is 0 Å². The molecule has 2 aliphatic rings. The van der Waals surface area contributed by atoms with Gasteiger partial charge in [-0.3, -0.25) is 0 Å². The van der Waals surface area contributed by atoms with E-state index in [1.807, 2.05) is 6.92 Å². The van der Waals surface area contributed by atoms with Crippen molar-refractivity contribution in [2.45, 2.75) is 78.8 Å². The van der Waals surface area contributed by atoms with Gasteiger partial charge in [0.05, 0.1) is 0 Å². The molecule has 3 atom stereocenters. The third kappa shape index (κ3) is 5.88. The number of hydrogen-bond acceptors (Lipinski definition) is 0. The second kappa shape index (κ2) is 7.38. The first-order valence-corrected chi connectivity index (χ1v) is 7.63. The van der Waals surface area contributed by atoms with Crippen LogP contribution in [0, 0.1) is 23.7 Å². The quantitative estimate of drug-likeness (QED) is 0.517. The van der Waals surface area contributed by atoms with E-state index >= 15 is 0 Å². The van der Waals surface area contributed by atoms with Crippen molar-refractivity contribution in [1.82, 2.24) is 0 Å². The van der Waals surface area contributed by atoms with E-state index in [2.05, 4.69) is 20.8 Å². The summed E-state index contributed by atoms with van der Waals surface area (Å²) in [6.07, 6.45) is 8.48. The minimum atomic E-state index is -0.520. The minimum Gasteiger partial charge on any atom is -0.247 e. The van der Waals surface area contributed by atoms with Crippen LogP contribution in [0.4, 0.5) is 4.39 Å². The molecule has 0 spiro atoms. The molecule has 0 aromatic rings. The molecule has 2 aliphatic carbocycles. The summed E-state index contributed by atoms with van der Waals surface area (Å²) in [4.78, 5) is 0. The first-order chi connectivity index (χ1) is 7.99. The predicted octanol–water partition coefficient (Wildman–Crippen LogP) is 5.61. The van der Waals surface area contributed by atoms with Crippen LogP contribution < -0.4 is 0 Å². The maximum atomic E-state index is 12.8. The van der Waals surface area contributed by atoms with E-state index in [1.54, 1.807) is 0 Å². The van der Waals surface area contributed by atoms with E-state index < -0.39 is 6.17 Å². The summed E-state index contributed by atoms with van der Waals surface area (Å²) in [5, 5.41) is 0. The standard InChI is InChI=1S/C8H15F.C8H16/c1-6-3-4-7(2)8(9)5-6;1-7-3-5-8(2)6-4-7/h6-8H,3-5H2,1-2H3;7-8H,3-6H2,1-2H3. The fourth-order valence-corrected chi connectivity index (χ4v) is 2.89. The Labute approximate surface area is 107 Å². The molecule has 102 valence electrons. The zero-order valence-corrected chi connectivity index (χ0v) is 12.2. The van der Waals surface area contributed by atoms with Crippen molar-refractivity contribution in [2.75, 3.05) is 0 Å². The zero-order valence-electron chi connectivity index (χ0n) is 12.2. The van der Waals surface area contributed by atoms with Crippen molar-refractivity contribution in [3.05, 3.63) is 0 Å². The van der Waals surface area contributed by atoms with Crippen LogP contribution >= 0.6 is 0 Å². The van der Waals surface area contributed by atoms with Crippen molar-refractivity contribution >= 4 is 0 Å². The van der Waals surface area contributed by atoms with Crippen molar-refractivity contribution in [3.63, 3.8) is 0 Å². The SMILES string of the molecule is CC1CCC(C)C(F)C1.CC1CCC(C)CC1. The minimum absolute atomic E-state index is 0.321. The van der Waals surface area contributed by atoms with Gasteiger partial charge >= 0.3 is 0 Å². The highest BCUT2D eigenvalue weighted by atomic mass is 19.1. The average molecular weight is 242 g/mol. The number of hydrogen-bond donors (Lipinski definition) is 0. The summed E-state index contributed by atoms with van der Waals surface area (Å²) in [5.74, 6) is 2.98. The van der Waals surface area contributed by atoms with Gasteiger partial charge in [-0.15, -0.1) is 0 Å². The molecule has 0 radical (unpaired) electrons. The molecule has 0 nitrogen and oxygen atoms in total. The summed E-state index contributed by atoms with van der Waals surface area (Å²) in [6, 6.07) is 0. The van der Waals surface area contributed by atoms with Gasteiger partial charge in [0.15, 0.2) is 0 Å². The molecule has 0 bridgehead atoms. The number of alkyl halides is 1. The summed E-state index contributed by atoms with van der Waals surface area (Å²) in [6.45, 7) is 8.88. The molecule has 2 saturated carbocycles. The van der Waals surface area contributed by atoms with E-state index in [-0.39, 0.29) is 0 Å². The van der Waals surface area contributed by atoms with Gasteiger partial charge in [0, 0.05) is 0 Å². The lowest BCUT2D eigenvalue weighted by Crippen LogP contribution is -2.22. The number of rotatable bonds is 0. The van der Waals surface area contributed by atoms with Crippen LogP contribution in [0.5, 0.6) is 0 Å². The highest BCUT2D eigenvalue weighted by molar-refractivity contribution is 4.74. The Morgan fingerprint density at radius 3 is 1.41 bits per heavy atom. The Hall–Kier alpha value is -0.0700. The van der Waals surface area contributed by atoms with Gasteiger partial charge in [0.1, 0.15) is 6.17 Å². The molecule has 0 N–H and O–H groups in total. The molecule has 0 aromatic heterocycles. The van der Waals surface area contributed by atoms with E-state index in [9.17, 15) is 4.39 Å². The Bertz CT molecular complexity index is 184. The molecule has 17 heavy (non-hydrogen) atoms. The summed E-state index contributed by atoms with van der Waals surface area (Å²) >= 11 is 0. The summed E-state index contributed by atoms with van der Waals surface area (Å²) < 4.78 is 12.8. The molecule has 1 heteroatoms. The molecular weight excluding hydrogens is 211 g/mol. The normalized spacial score (nSPS) is 42.5. The molecule has 2 rings (SSSR count). The van der Waals surface area contributed by atoms with Gasteiger partial charge in [-0.05, 0) is 36.5 Å². The van der Waals surface area contributed by atoms with Crippen molar-refractivity contribution in [1.29, 1.82) is 0 Å². The van der Waals surface area contributed by atoms with Crippen LogP contribution in [0.3, 0.4) is 0 Å². The van der Waals surface area contributed by atoms with Gasteiger partial charge in [-0.2, -0.15) is 0 Å². The van der Waals surface area contributed by atoms with Gasteiger partial charge < -0.3 is 0 Å². The largest absolute Gasteiger partial charge is 0.247 e. The molecule has 3 unspecified atom stereocenters. The van der Waals surface area contributed by atoms with Crippen LogP contribution in [0.1, 0.15) is 72.6 Å². The van der Waals surface area contributed by atoms with E-state index in [4.69, 9.17) is 0 Å². The highest BCUT2D eigenvalue weighted by Gasteiger charge is 2.24. The van der Waals surface area contributed by atoms with Crippen LogP contribution in [-0.4, -0.2) is 6.17 Å². The Morgan fingerprint density at radius 2 is 1.06 bits per heavy atom. The maximum absolute atomic E-state index is 12.8. The van der Waals surface area contributed by atoms with Gasteiger partial charge in [-0.25, -0.2) is 4.39 Å². The monoisotopic (exact) mass is 242 g/mol. The average Bonchev–Trinajstić information content (AvgIpc) is 2.29. The second-order valence-electron chi connectivity index (χ2n) is 6.78. The molecule has 0 heterocycles. The van der Waals surface area contributed by atoms with Crippen molar-refractivity contribution in [2.24, 2.45) is 23.7 Å². The Kier molecular flexibility index (Phi) is 6.51. The van der Waals surface area contributed by atoms with Crippen LogP contribution in [0.15, 0.2) is 0 Å². The predicted molar refractivity (Wildman–Crippen MR) is 73.9 cm³/mol. The molecule has 0 aromatic carbocycles. The van der Waals surface area contributed by atoms with Gasteiger partial charge in [-0.1, -0.05) is 59.8 Å². The number of halogens is 1. The Balaban J connectivity index is 0.000000171. The van der Waals surface area contributed by atoms with E-state index in [0.717, 1.165) is 24.7 Å². The van der Waals surface area contributed by atoms with Crippen LogP contribution in [-0.2, 0) is 0 Å². The van der Waals surface area contributed by atoms with Gasteiger partial charge in [0.25, 0.3) is 0 Å². The highest BCUT2D eigenvalue weighted by Crippen LogP contribution is 2.30. The topological polar surface area (TPSA) is 0 Å². The van der Waals surface area contributed by atoms with Crippen LogP contribution in [0.25, 0.3) is 0 Å². The van der Waals surface area contributed by atoms with E-state index in [1.165, 1.54) is 32.1 Å². The lowest BCUT2D eigenvalue weighted by atomic mass is 9.83. The lowest BCUT2D eigenvalue weighted by Gasteiger charge is -2.26.